The van der Waals surface area contributed by atoms with Crippen molar-refractivity contribution in [1.82, 2.24) is 19.7 Å². The number of allylic oxidation sites excluding steroid dienone is 1. The van der Waals surface area contributed by atoms with Crippen molar-refractivity contribution in [1.29, 1.82) is 0 Å². The fourth-order valence-corrected chi connectivity index (χ4v) is 5.98. The number of hydrogen-bond acceptors (Lipinski definition) is 4. The van der Waals surface area contributed by atoms with Crippen LogP contribution >= 0.6 is 0 Å². The first-order valence-electron chi connectivity index (χ1n) is 12.3. The number of imidazole rings is 1. The molecule has 3 heterocycles. The highest BCUT2D eigenvalue weighted by atomic mass is 19.1. The van der Waals surface area contributed by atoms with Gasteiger partial charge in [0.05, 0.1) is 23.3 Å². The molecule has 8 heteroatoms. The summed E-state index contributed by atoms with van der Waals surface area (Å²) in [4.78, 5) is 34.6. The quantitative estimate of drug-likeness (QED) is 0.406. The number of pyridine rings is 2. The van der Waals surface area contributed by atoms with E-state index in [1.807, 2.05) is 36.5 Å². The minimum atomic E-state index is -0.437. The normalized spacial score (nSPS) is 24.0. The lowest BCUT2D eigenvalue weighted by Gasteiger charge is -2.26. The second-order valence-corrected chi connectivity index (χ2v) is 9.98. The van der Waals surface area contributed by atoms with Crippen molar-refractivity contribution in [2.75, 3.05) is 0 Å². The van der Waals surface area contributed by atoms with Gasteiger partial charge in [-0.1, -0.05) is 31.2 Å². The largest absolute Gasteiger partial charge is 0.369 e. The first-order valence-corrected chi connectivity index (χ1v) is 12.3. The van der Waals surface area contributed by atoms with Crippen LogP contribution in [-0.2, 0) is 4.79 Å². The van der Waals surface area contributed by atoms with Gasteiger partial charge in [-0.3, -0.25) is 19.0 Å². The van der Waals surface area contributed by atoms with Crippen LogP contribution in [-0.4, -0.2) is 32.2 Å². The third-order valence-corrected chi connectivity index (χ3v) is 7.89. The standard InChI is InChI=1S/C29H26FN5O2/c1-15-12-17(6-10-23(15)30)25-22(4-3-11-32-25)18-5-7-19-13-33-28(35(19)14-18)29(37)34-26-21-9-8-20(16(21)2)24(26)27(31)36/h3-14,16,20-21,24,26H,1-2H3,(H2,31,36)(H,34,37)/t16-,20?,21?,24+,26-/m1/s1. The van der Waals surface area contributed by atoms with Gasteiger partial charge in [0.25, 0.3) is 5.91 Å². The topological polar surface area (TPSA) is 102 Å². The highest BCUT2D eigenvalue weighted by Gasteiger charge is 2.52. The van der Waals surface area contributed by atoms with Gasteiger partial charge in [-0.25, -0.2) is 9.37 Å². The molecule has 2 unspecified atom stereocenters. The number of hydrogen-bond donors (Lipinski definition) is 2. The van der Waals surface area contributed by atoms with E-state index in [9.17, 15) is 14.0 Å². The molecule has 0 radical (unpaired) electrons. The SMILES string of the molecule is Cc1cc(-c2ncccc2-c2ccc3cnc(C(=O)N[C@@H]4C5C=CC([C@H]5C)[C@@H]4C(N)=O)n3c2)ccc1F. The van der Waals surface area contributed by atoms with E-state index in [0.29, 0.717) is 11.3 Å². The van der Waals surface area contributed by atoms with Crippen molar-refractivity contribution in [3.63, 3.8) is 0 Å². The Morgan fingerprint density at radius 2 is 1.84 bits per heavy atom. The van der Waals surface area contributed by atoms with Gasteiger partial charge in [0.2, 0.25) is 11.7 Å². The molecular weight excluding hydrogens is 469 g/mol. The zero-order chi connectivity index (χ0) is 25.8. The average molecular weight is 496 g/mol. The van der Waals surface area contributed by atoms with Gasteiger partial charge in [0.15, 0.2) is 0 Å². The summed E-state index contributed by atoms with van der Waals surface area (Å²) in [5.74, 6) is -0.899. The zero-order valence-corrected chi connectivity index (χ0v) is 20.4. The summed E-state index contributed by atoms with van der Waals surface area (Å²) in [6, 6.07) is 12.2. The van der Waals surface area contributed by atoms with Gasteiger partial charge >= 0.3 is 0 Å². The van der Waals surface area contributed by atoms with Crippen molar-refractivity contribution in [2.24, 2.45) is 29.4 Å². The Balaban J connectivity index is 1.36. The van der Waals surface area contributed by atoms with Crippen LogP contribution in [0.1, 0.15) is 23.1 Å². The third-order valence-electron chi connectivity index (χ3n) is 7.89. The van der Waals surface area contributed by atoms with Crippen molar-refractivity contribution in [3.8, 4) is 22.4 Å². The van der Waals surface area contributed by atoms with Gasteiger partial charge < -0.3 is 11.1 Å². The summed E-state index contributed by atoms with van der Waals surface area (Å²) in [5, 5.41) is 3.05. The third kappa shape index (κ3) is 3.71. The number of nitrogens with two attached hydrogens (primary N) is 1. The van der Waals surface area contributed by atoms with E-state index >= 15 is 0 Å². The van der Waals surface area contributed by atoms with Crippen molar-refractivity contribution in [3.05, 3.63) is 90.4 Å². The molecule has 3 N–H and O–H groups in total. The van der Waals surface area contributed by atoms with Crippen LogP contribution in [0.25, 0.3) is 27.9 Å². The predicted octanol–water partition coefficient (Wildman–Crippen LogP) is 4.16. The number of primary amides is 1. The maximum atomic E-state index is 13.9. The molecule has 0 saturated heterocycles. The summed E-state index contributed by atoms with van der Waals surface area (Å²) in [6.45, 7) is 3.81. The Kier molecular flexibility index (Phi) is 5.40. The van der Waals surface area contributed by atoms with Gasteiger partial charge in [-0.2, -0.15) is 0 Å². The van der Waals surface area contributed by atoms with E-state index in [1.165, 1.54) is 6.07 Å². The van der Waals surface area contributed by atoms with Crippen LogP contribution in [0.3, 0.4) is 0 Å². The molecule has 2 aliphatic rings. The van der Waals surface area contributed by atoms with E-state index in [2.05, 4.69) is 28.3 Å². The number of rotatable bonds is 5. The van der Waals surface area contributed by atoms with Crippen molar-refractivity contribution in [2.45, 2.75) is 19.9 Å². The molecule has 1 saturated carbocycles. The van der Waals surface area contributed by atoms with E-state index in [1.54, 1.807) is 35.9 Å². The van der Waals surface area contributed by atoms with Gasteiger partial charge in [-0.15, -0.1) is 0 Å². The Hall–Kier alpha value is -4.33. The molecule has 1 fully saturated rings. The van der Waals surface area contributed by atoms with Crippen LogP contribution in [0.2, 0.25) is 0 Å². The Morgan fingerprint density at radius 3 is 2.62 bits per heavy atom. The van der Waals surface area contributed by atoms with E-state index < -0.39 is 11.8 Å². The lowest BCUT2D eigenvalue weighted by atomic mass is 9.88. The first-order chi connectivity index (χ1) is 17.8. The van der Waals surface area contributed by atoms with E-state index in [-0.39, 0.29) is 41.3 Å². The number of aryl methyl sites for hydroxylation is 1. The molecule has 2 aliphatic carbocycles. The van der Waals surface area contributed by atoms with Crippen LogP contribution in [0.15, 0.2) is 73.2 Å². The van der Waals surface area contributed by atoms with Crippen LogP contribution in [0.5, 0.6) is 0 Å². The molecule has 4 aromatic rings. The number of nitrogens with zero attached hydrogens (tertiary/aromatic N) is 3. The number of carbonyl (C=O) groups excluding carboxylic acids is 2. The molecule has 0 aliphatic heterocycles. The molecule has 6 rings (SSSR count). The van der Waals surface area contributed by atoms with Crippen LogP contribution < -0.4 is 11.1 Å². The van der Waals surface area contributed by atoms with Gasteiger partial charge in [0, 0.05) is 41.0 Å². The molecule has 186 valence electrons. The molecule has 37 heavy (non-hydrogen) atoms. The molecule has 5 atom stereocenters. The summed E-state index contributed by atoms with van der Waals surface area (Å²) in [7, 11) is 0. The Morgan fingerprint density at radius 1 is 1.05 bits per heavy atom. The molecule has 0 spiro atoms. The number of nitrogens with one attached hydrogen (secondary N) is 1. The second kappa shape index (κ2) is 8.65. The average Bonchev–Trinajstić information content (AvgIpc) is 3.56. The molecule has 2 bridgehead atoms. The highest BCUT2D eigenvalue weighted by molar-refractivity contribution is 5.93. The summed E-state index contributed by atoms with van der Waals surface area (Å²) in [5.41, 5.74) is 10.2. The summed E-state index contributed by atoms with van der Waals surface area (Å²) in [6.07, 6.45) is 9.30. The minimum Gasteiger partial charge on any atom is -0.369 e. The molecule has 7 nitrogen and oxygen atoms in total. The summed E-state index contributed by atoms with van der Waals surface area (Å²) < 4.78 is 15.6. The maximum Gasteiger partial charge on any atom is 0.287 e. The maximum absolute atomic E-state index is 13.9. The lowest BCUT2D eigenvalue weighted by Crippen LogP contribution is -2.48. The first kappa shape index (κ1) is 23.1. The fourth-order valence-electron chi connectivity index (χ4n) is 5.98. The predicted molar refractivity (Wildman–Crippen MR) is 138 cm³/mol. The molecule has 3 aromatic heterocycles. The number of amides is 2. The molecule has 1 aromatic carbocycles. The van der Waals surface area contributed by atoms with Gasteiger partial charge in [-0.05, 0) is 54.7 Å². The number of aromatic nitrogens is 3. The van der Waals surface area contributed by atoms with Crippen molar-refractivity contribution < 1.29 is 14.0 Å². The van der Waals surface area contributed by atoms with Crippen LogP contribution in [0.4, 0.5) is 4.39 Å². The highest BCUT2D eigenvalue weighted by Crippen LogP contribution is 2.48. The molecule has 2 amide bonds. The monoisotopic (exact) mass is 495 g/mol. The number of carbonyl (C=O) groups is 2. The van der Waals surface area contributed by atoms with Crippen LogP contribution in [0, 0.1) is 36.4 Å². The zero-order valence-electron chi connectivity index (χ0n) is 20.4. The number of halogens is 1. The van der Waals surface area contributed by atoms with Gasteiger partial charge in [0.1, 0.15) is 5.82 Å². The van der Waals surface area contributed by atoms with E-state index in [0.717, 1.165) is 22.2 Å². The fraction of sp³-hybridized carbons (Fsp3) is 0.241. The Labute approximate surface area is 213 Å². The molecular formula is C29H26FN5O2. The van der Waals surface area contributed by atoms with E-state index in [4.69, 9.17) is 5.73 Å². The summed E-state index contributed by atoms with van der Waals surface area (Å²) >= 11 is 0. The minimum absolute atomic E-state index is 0.0375. The smallest absolute Gasteiger partial charge is 0.287 e. The second-order valence-electron chi connectivity index (χ2n) is 9.98. The number of fused-ring (bicyclic) bond motifs is 3. The van der Waals surface area contributed by atoms with Crippen molar-refractivity contribution >= 4 is 17.3 Å². The lowest BCUT2D eigenvalue weighted by molar-refractivity contribution is -0.123. The number of benzene rings is 1. The Bertz CT molecular complexity index is 1590.